The minimum atomic E-state index is -0.399. The zero-order valence-electron chi connectivity index (χ0n) is 20.0. The van der Waals surface area contributed by atoms with Gasteiger partial charge in [0.2, 0.25) is 0 Å². The van der Waals surface area contributed by atoms with Gasteiger partial charge in [0.1, 0.15) is 11.5 Å². The number of piperidine rings is 1. The molecular formula is C26H32N4O3. The Labute approximate surface area is 194 Å². The number of nitrogens with one attached hydrogen (secondary N) is 1. The zero-order chi connectivity index (χ0) is 23.8. The summed E-state index contributed by atoms with van der Waals surface area (Å²) < 4.78 is 6.54. The van der Waals surface area contributed by atoms with Gasteiger partial charge in [-0.05, 0) is 55.9 Å². The summed E-state index contributed by atoms with van der Waals surface area (Å²) >= 11 is 0. The Bertz CT molecular complexity index is 1240. The first-order chi connectivity index (χ1) is 15.7. The third-order valence-corrected chi connectivity index (χ3v) is 6.52. The van der Waals surface area contributed by atoms with E-state index >= 15 is 0 Å². The molecule has 0 amide bonds. The molecule has 0 spiro atoms. The molecule has 0 saturated carbocycles. The molecule has 2 aromatic heterocycles. The molecule has 1 N–H and O–H groups in total. The molecule has 1 aromatic carbocycles. The van der Waals surface area contributed by atoms with Crippen molar-refractivity contribution in [1.82, 2.24) is 9.38 Å². The van der Waals surface area contributed by atoms with E-state index in [9.17, 15) is 9.59 Å². The molecule has 0 aliphatic carbocycles. The molecule has 1 aliphatic heterocycles. The Morgan fingerprint density at radius 2 is 1.88 bits per heavy atom. The lowest BCUT2D eigenvalue weighted by Crippen LogP contribution is -2.38. The predicted octanol–water partition coefficient (Wildman–Crippen LogP) is 4.59. The molecule has 7 nitrogen and oxygen atoms in total. The molecule has 174 valence electrons. The van der Waals surface area contributed by atoms with Crippen molar-refractivity contribution in [2.45, 2.75) is 46.6 Å². The largest absolute Gasteiger partial charge is 0.465 e. The van der Waals surface area contributed by atoms with E-state index in [4.69, 9.17) is 9.72 Å². The molecule has 0 bridgehead atoms. The maximum Gasteiger partial charge on any atom is 0.339 e. The van der Waals surface area contributed by atoms with Gasteiger partial charge in [-0.15, -0.1) is 0 Å². The lowest BCUT2D eigenvalue weighted by molar-refractivity contribution is 0.0602. The van der Waals surface area contributed by atoms with Crippen molar-refractivity contribution in [2.24, 2.45) is 5.41 Å². The Kier molecular flexibility index (Phi) is 6.15. The molecule has 0 radical (unpaired) electrons. The average Bonchev–Trinajstić information content (AvgIpc) is 2.78. The third-order valence-electron chi connectivity index (χ3n) is 6.52. The fraction of sp³-hybridized carbons (Fsp3) is 0.423. The predicted molar refractivity (Wildman–Crippen MR) is 131 cm³/mol. The second kappa shape index (κ2) is 8.89. The second-order valence-electron chi connectivity index (χ2n) is 9.67. The smallest absolute Gasteiger partial charge is 0.339 e. The number of esters is 1. The minimum absolute atomic E-state index is 0.0908. The summed E-state index contributed by atoms with van der Waals surface area (Å²) in [6.45, 7) is 10.3. The average molecular weight is 449 g/mol. The minimum Gasteiger partial charge on any atom is -0.465 e. The maximum absolute atomic E-state index is 13.1. The first-order valence-corrected chi connectivity index (χ1v) is 11.4. The molecule has 33 heavy (non-hydrogen) atoms. The van der Waals surface area contributed by atoms with Gasteiger partial charge < -0.3 is 15.0 Å². The van der Waals surface area contributed by atoms with Gasteiger partial charge in [-0.3, -0.25) is 9.20 Å². The van der Waals surface area contributed by atoms with Gasteiger partial charge in [0, 0.05) is 36.6 Å². The zero-order valence-corrected chi connectivity index (χ0v) is 20.0. The standard InChI is InChI=1S/C26H32N4O3/c1-17-14-20(18(2)27-21-9-7-6-8-19(21)25(32)33-5)24-28-22(15-23(31)30(24)16-17)29-12-10-26(3,4)11-13-29/h6-9,14-16,18,27H,10-13H2,1-5H3/t18-/m1/s1. The van der Waals surface area contributed by atoms with Crippen LogP contribution in [0.2, 0.25) is 0 Å². The highest BCUT2D eigenvalue weighted by Crippen LogP contribution is 2.32. The number of anilines is 2. The number of aromatic nitrogens is 2. The van der Waals surface area contributed by atoms with Crippen molar-refractivity contribution in [3.63, 3.8) is 0 Å². The molecule has 3 heterocycles. The van der Waals surface area contributed by atoms with Gasteiger partial charge in [0.15, 0.2) is 0 Å². The highest BCUT2D eigenvalue weighted by atomic mass is 16.5. The van der Waals surface area contributed by atoms with Gasteiger partial charge in [0.25, 0.3) is 5.56 Å². The number of hydrogen-bond donors (Lipinski definition) is 1. The van der Waals surface area contributed by atoms with Crippen LogP contribution in [0.15, 0.2) is 47.4 Å². The number of para-hydroxylation sites is 1. The van der Waals surface area contributed by atoms with Crippen LogP contribution in [0.25, 0.3) is 5.65 Å². The van der Waals surface area contributed by atoms with Crippen LogP contribution in [-0.4, -0.2) is 35.6 Å². The number of fused-ring (bicyclic) bond motifs is 1. The van der Waals surface area contributed by atoms with Crippen LogP contribution in [0.5, 0.6) is 0 Å². The Morgan fingerprint density at radius 1 is 1.18 bits per heavy atom. The summed E-state index contributed by atoms with van der Waals surface area (Å²) in [5.41, 5.74) is 3.85. The van der Waals surface area contributed by atoms with E-state index in [1.807, 2.05) is 38.2 Å². The normalized spacial score (nSPS) is 16.5. The van der Waals surface area contributed by atoms with Gasteiger partial charge in [0.05, 0.1) is 18.7 Å². The second-order valence-corrected chi connectivity index (χ2v) is 9.67. The van der Waals surface area contributed by atoms with E-state index in [2.05, 4.69) is 24.1 Å². The first kappa shape index (κ1) is 22.8. The number of carbonyl (C=O) groups is 1. The molecular weight excluding hydrogens is 416 g/mol. The SMILES string of the molecule is COC(=O)c1ccccc1N[C@H](C)c1cc(C)cn2c(=O)cc(N3CCC(C)(C)CC3)nc12. The molecule has 1 fully saturated rings. The highest BCUT2D eigenvalue weighted by molar-refractivity contribution is 5.95. The molecule has 1 saturated heterocycles. The molecule has 4 rings (SSSR count). The molecule has 1 aliphatic rings. The summed E-state index contributed by atoms with van der Waals surface area (Å²) in [5.74, 6) is 0.326. The van der Waals surface area contributed by atoms with Crippen LogP contribution in [0, 0.1) is 12.3 Å². The molecule has 7 heteroatoms. The summed E-state index contributed by atoms with van der Waals surface area (Å²) in [5, 5.41) is 3.42. The Balaban J connectivity index is 1.74. The van der Waals surface area contributed by atoms with E-state index in [-0.39, 0.29) is 11.6 Å². The lowest BCUT2D eigenvalue weighted by atomic mass is 9.83. The number of methoxy groups -OCH3 is 1. The maximum atomic E-state index is 13.1. The Morgan fingerprint density at radius 3 is 2.58 bits per heavy atom. The Hall–Kier alpha value is -3.35. The summed E-state index contributed by atoms with van der Waals surface area (Å²) in [4.78, 5) is 32.4. The molecule has 1 atom stereocenters. The van der Waals surface area contributed by atoms with Crippen LogP contribution >= 0.6 is 0 Å². The van der Waals surface area contributed by atoms with Gasteiger partial charge in [-0.1, -0.05) is 26.0 Å². The van der Waals surface area contributed by atoms with Gasteiger partial charge >= 0.3 is 5.97 Å². The fourth-order valence-electron chi connectivity index (χ4n) is 4.39. The van der Waals surface area contributed by atoms with Crippen molar-refractivity contribution >= 4 is 23.1 Å². The number of rotatable bonds is 5. The summed E-state index contributed by atoms with van der Waals surface area (Å²) in [6, 6.07) is 10.7. The quantitative estimate of drug-likeness (QED) is 0.576. The monoisotopic (exact) mass is 448 g/mol. The van der Waals surface area contributed by atoms with Crippen molar-refractivity contribution in [2.75, 3.05) is 30.4 Å². The van der Waals surface area contributed by atoms with Crippen molar-refractivity contribution in [3.05, 3.63) is 69.6 Å². The van der Waals surface area contributed by atoms with Crippen LogP contribution in [0.4, 0.5) is 11.5 Å². The third kappa shape index (κ3) is 4.72. The van der Waals surface area contributed by atoms with E-state index < -0.39 is 5.97 Å². The summed E-state index contributed by atoms with van der Waals surface area (Å²) in [6.07, 6.45) is 3.96. The van der Waals surface area contributed by atoms with E-state index in [1.54, 1.807) is 22.6 Å². The van der Waals surface area contributed by atoms with Crippen LogP contribution in [0.1, 0.15) is 61.1 Å². The van der Waals surface area contributed by atoms with E-state index in [1.165, 1.54) is 7.11 Å². The molecule has 3 aromatic rings. The highest BCUT2D eigenvalue weighted by Gasteiger charge is 2.27. The number of nitrogens with zero attached hydrogens (tertiary/aromatic N) is 3. The van der Waals surface area contributed by atoms with Gasteiger partial charge in [-0.25, -0.2) is 9.78 Å². The molecule has 0 unspecified atom stereocenters. The van der Waals surface area contributed by atoms with Crippen LogP contribution in [0.3, 0.4) is 0 Å². The fourth-order valence-corrected chi connectivity index (χ4v) is 4.39. The van der Waals surface area contributed by atoms with Crippen LogP contribution < -0.4 is 15.8 Å². The van der Waals surface area contributed by atoms with E-state index in [0.717, 1.165) is 42.9 Å². The lowest BCUT2D eigenvalue weighted by Gasteiger charge is -2.37. The number of ether oxygens (including phenoxy) is 1. The van der Waals surface area contributed by atoms with E-state index in [0.29, 0.717) is 22.3 Å². The summed E-state index contributed by atoms with van der Waals surface area (Å²) in [7, 11) is 1.37. The van der Waals surface area contributed by atoms with Crippen molar-refractivity contribution in [1.29, 1.82) is 0 Å². The number of pyridine rings is 1. The first-order valence-electron chi connectivity index (χ1n) is 11.4. The van der Waals surface area contributed by atoms with Crippen molar-refractivity contribution < 1.29 is 9.53 Å². The number of hydrogen-bond acceptors (Lipinski definition) is 6. The van der Waals surface area contributed by atoms with Crippen molar-refractivity contribution in [3.8, 4) is 0 Å². The van der Waals surface area contributed by atoms with Crippen LogP contribution in [-0.2, 0) is 4.74 Å². The number of benzene rings is 1. The topological polar surface area (TPSA) is 75.9 Å². The van der Waals surface area contributed by atoms with Gasteiger partial charge in [-0.2, -0.15) is 0 Å². The number of aryl methyl sites for hydroxylation is 1. The number of carbonyl (C=O) groups excluding carboxylic acids is 1.